The van der Waals surface area contributed by atoms with Crippen molar-refractivity contribution < 1.29 is 41.8 Å². The van der Waals surface area contributed by atoms with Gasteiger partial charge in [0.2, 0.25) is 0 Å². The van der Waals surface area contributed by atoms with E-state index in [9.17, 15) is 27.6 Å². The van der Waals surface area contributed by atoms with Crippen LogP contribution >= 0.6 is 0 Å². The fourth-order valence-electron chi connectivity index (χ4n) is 2.72. The summed E-state index contributed by atoms with van der Waals surface area (Å²) in [5.41, 5.74) is -4.28. The molecule has 33 heavy (non-hydrogen) atoms. The molecule has 0 bridgehead atoms. The van der Waals surface area contributed by atoms with Crippen LogP contribution in [0.2, 0.25) is 0 Å². The van der Waals surface area contributed by atoms with Gasteiger partial charge in [-0.15, -0.1) is 0 Å². The first-order valence-electron chi connectivity index (χ1n) is 10.1. The fourth-order valence-corrected chi connectivity index (χ4v) is 2.72. The molecule has 0 unspecified atom stereocenters. The van der Waals surface area contributed by atoms with Crippen molar-refractivity contribution in [3.8, 4) is 0 Å². The van der Waals surface area contributed by atoms with Gasteiger partial charge in [-0.05, 0) is 52.3 Å². The van der Waals surface area contributed by atoms with Gasteiger partial charge in [-0.25, -0.2) is 4.79 Å². The average molecular weight is 470 g/mol. The van der Waals surface area contributed by atoms with Gasteiger partial charge in [0.05, 0.1) is 5.41 Å². The van der Waals surface area contributed by atoms with E-state index in [-0.39, 0.29) is 18.0 Å². The van der Waals surface area contributed by atoms with E-state index in [4.69, 9.17) is 14.2 Å². The standard InChI is InChI=1S/C24H29F3O6/c1-16(28)12-13-18(15-32-20(29)22(3,4)5)14-17(2)33-21(30)23(31-6,24(25,26)27)19-10-8-7-9-11-19/h7-14,17H,15H2,1-6H3/b13-12+,18-14-/t17-,23-/m0/s1. The van der Waals surface area contributed by atoms with Gasteiger partial charge in [0.15, 0.2) is 5.78 Å². The molecular weight excluding hydrogens is 441 g/mol. The van der Waals surface area contributed by atoms with Crippen molar-refractivity contribution in [2.45, 2.75) is 52.5 Å². The first-order valence-corrected chi connectivity index (χ1v) is 10.1. The Morgan fingerprint density at radius 3 is 2.03 bits per heavy atom. The van der Waals surface area contributed by atoms with Crippen LogP contribution in [-0.2, 0) is 34.2 Å². The van der Waals surface area contributed by atoms with Crippen LogP contribution in [-0.4, -0.2) is 43.7 Å². The van der Waals surface area contributed by atoms with Crippen molar-refractivity contribution in [2.75, 3.05) is 13.7 Å². The Balaban J connectivity index is 3.22. The van der Waals surface area contributed by atoms with Gasteiger partial charge in [-0.3, -0.25) is 9.59 Å². The lowest BCUT2D eigenvalue weighted by molar-refractivity contribution is -0.277. The van der Waals surface area contributed by atoms with Gasteiger partial charge in [0, 0.05) is 12.7 Å². The summed E-state index contributed by atoms with van der Waals surface area (Å²) >= 11 is 0. The third-order valence-corrected chi connectivity index (χ3v) is 4.43. The number of carbonyl (C=O) groups excluding carboxylic acids is 3. The van der Waals surface area contributed by atoms with Gasteiger partial charge in [-0.1, -0.05) is 36.4 Å². The molecule has 0 N–H and O–H groups in total. The minimum atomic E-state index is -5.11. The summed E-state index contributed by atoms with van der Waals surface area (Å²) < 4.78 is 57.0. The van der Waals surface area contributed by atoms with E-state index in [1.165, 1.54) is 50.3 Å². The molecular formula is C24H29F3O6. The molecule has 2 atom stereocenters. The normalized spacial score (nSPS) is 15.6. The van der Waals surface area contributed by atoms with Gasteiger partial charge >= 0.3 is 18.1 Å². The molecule has 0 heterocycles. The number of halogens is 3. The highest BCUT2D eigenvalue weighted by atomic mass is 19.4. The maximum atomic E-state index is 14.0. The van der Waals surface area contributed by atoms with E-state index in [0.29, 0.717) is 0 Å². The Morgan fingerprint density at radius 1 is 1.00 bits per heavy atom. The highest BCUT2D eigenvalue weighted by molar-refractivity contribution is 5.87. The third kappa shape index (κ3) is 7.56. The number of ether oxygens (including phenoxy) is 3. The van der Waals surface area contributed by atoms with Gasteiger partial charge in [-0.2, -0.15) is 13.2 Å². The Labute approximate surface area is 191 Å². The third-order valence-electron chi connectivity index (χ3n) is 4.43. The Bertz CT molecular complexity index is 897. The quantitative estimate of drug-likeness (QED) is 0.296. The van der Waals surface area contributed by atoms with Crippen LogP contribution in [0.5, 0.6) is 0 Å². The maximum absolute atomic E-state index is 14.0. The lowest BCUT2D eigenvalue weighted by atomic mass is 9.92. The molecule has 6 nitrogen and oxygen atoms in total. The zero-order valence-corrected chi connectivity index (χ0v) is 19.5. The van der Waals surface area contributed by atoms with E-state index in [1.54, 1.807) is 20.8 Å². The second-order valence-corrected chi connectivity index (χ2v) is 8.37. The maximum Gasteiger partial charge on any atom is 0.432 e. The number of hydrogen-bond acceptors (Lipinski definition) is 6. The van der Waals surface area contributed by atoms with Gasteiger partial charge in [0.25, 0.3) is 5.60 Å². The van der Waals surface area contributed by atoms with Crippen molar-refractivity contribution in [2.24, 2.45) is 5.41 Å². The zero-order valence-electron chi connectivity index (χ0n) is 19.5. The largest absolute Gasteiger partial charge is 0.460 e. The molecule has 1 aromatic rings. The molecule has 0 saturated heterocycles. The minimum absolute atomic E-state index is 0.262. The van der Waals surface area contributed by atoms with Crippen molar-refractivity contribution in [1.82, 2.24) is 0 Å². The number of esters is 2. The number of allylic oxidation sites excluding steroid dienone is 1. The van der Waals surface area contributed by atoms with Crippen LogP contribution in [0.25, 0.3) is 0 Å². The van der Waals surface area contributed by atoms with Crippen LogP contribution in [0, 0.1) is 5.41 Å². The van der Waals surface area contributed by atoms with E-state index in [1.807, 2.05) is 0 Å². The summed E-state index contributed by atoms with van der Waals surface area (Å²) in [7, 11) is 0.773. The molecule has 182 valence electrons. The highest BCUT2D eigenvalue weighted by Gasteiger charge is 2.64. The number of ketones is 1. The number of hydrogen-bond donors (Lipinski definition) is 0. The average Bonchev–Trinajstić information content (AvgIpc) is 2.69. The van der Waals surface area contributed by atoms with Gasteiger partial charge < -0.3 is 14.2 Å². The van der Waals surface area contributed by atoms with Crippen LogP contribution in [0.3, 0.4) is 0 Å². The Kier molecular flexibility index (Phi) is 9.59. The molecule has 0 aliphatic carbocycles. The predicted octanol–water partition coefficient (Wildman–Crippen LogP) is 4.68. The molecule has 0 aliphatic rings. The first-order chi connectivity index (χ1) is 15.1. The van der Waals surface area contributed by atoms with Gasteiger partial charge in [0.1, 0.15) is 12.7 Å². The second-order valence-electron chi connectivity index (χ2n) is 8.37. The Morgan fingerprint density at radius 2 is 1.58 bits per heavy atom. The smallest absolute Gasteiger partial charge is 0.432 e. The minimum Gasteiger partial charge on any atom is -0.460 e. The molecule has 0 aromatic heterocycles. The lowest BCUT2D eigenvalue weighted by Crippen LogP contribution is -2.52. The zero-order chi connectivity index (χ0) is 25.4. The topological polar surface area (TPSA) is 78.9 Å². The monoisotopic (exact) mass is 470 g/mol. The summed E-state index contributed by atoms with van der Waals surface area (Å²) in [6.45, 7) is 7.33. The second kappa shape index (κ2) is 11.3. The SMILES string of the molecule is CO[C@](C(=O)O[C@@H](C)/C=C(/C=C/C(C)=O)COC(=O)C(C)(C)C)(c1ccccc1)C(F)(F)F. The lowest BCUT2D eigenvalue weighted by Gasteiger charge is -2.33. The van der Waals surface area contributed by atoms with Crippen LogP contribution in [0.15, 0.2) is 54.1 Å². The van der Waals surface area contributed by atoms with E-state index >= 15 is 0 Å². The number of methoxy groups -OCH3 is 1. The summed E-state index contributed by atoms with van der Waals surface area (Å²) in [4.78, 5) is 36.1. The van der Waals surface area contributed by atoms with Crippen LogP contribution in [0.4, 0.5) is 13.2 Å². The molecule has 0 fully saturated rings. The molecule has 0 saturated carbocycles. The highest BCUT2D eigenvalue weighted by Crippen LogP contribution is 2.43. The first kappa shape index (κ1) is 28.1. The summed E-state index contributed by atoms with van der Waals surface area (Å²) in [6, 6.07) is 6.43. The Hall–Kier alpha value is -2.94. The number of benzene rings is 1. The molecule has 9 heteroatoms. The molecule has 0 spiro atoms. The van der Waals surface area contributed by atoms with E-state index in [2.05, 4.69) is 0 Å². The van der Waals surface area contributed by atoms with Crippen molar-refractivity contribution in [3.05, 3.63) is 59.7 Å². The fraction of sp³-hybridized carbons (Fsp3) is 0.458. The van der Waals surface area contributed by atoms with E-state index in [0.717, 1.165) is 19.2 Å². The molecule has 1 aromatic carbocycles. The molecule has 0 radical (unpaired) electrons. The summed E-state index contributed by atoms with van der Waals surface area (Å²) in [5, 5.41) is 0. The summed E-state index contributed by atoms with van der Waals surface area (Å²) in [5.74, 6) is -2.48. The number of carbonyl (C=O) groups is 3. The van der Waals surface area contributed by atoms with Crippen LogP contribution in [0.1, 0.15) is 40.2 Å². The van der Waals surface area contributed by atoms with E-state index < -0.39 is 40.8 Å². The predicted molar refractivity (Wildman–Crippen MR) is 115 cm³/mol. The summed E-state index contributed by atoms with van der Waals surface area (Å²) in [6.07, 6.45) is -2.45. The van der Waals surface area contributed by atoms with Crippen molar-refractivity contribution >= 4 is 17.7 Å². The number of alkyl halides is 3. The molecule has 0 amide bonds. The number of rotatable bonds is 9. The van der Waals surface area contributed by atoms with Crippen LogP contribution < -0.4 is 0 Å². The van der Waals surface area contributed by atoms with Crippen molar-refractivity contribution in [3.63, 3.8) is 0 Å². The molecule has 1 rings (SSSR count). The molecule has 0 aliphatic heterocycles. The van der Waals surface area contributed by atoms with Crippen molar-refractivity contribution in [1.29, 1.82) is 0 Å².